The van der Waals surface area contributed by atoms with E-state index in [2.05, 4.69) is 11.4 Å². The fourth-order valence-electron chi connectivity index (χ4n) is 2.01. The minimum atomic E-state index is -4.36. The Bertz CT molecular complexity index is 591. The first-order valence-corrected chi connectivity index (χ1v) is 7.82. The van der Waals surface area contributed by atoms with E-state index >= 15 is 0 Å². The third-order valence-electron chi connectivity index (χ3n) is 3.15. The number of hydrogen-bond acceptors (Lipinski definition) is 2. The van der Waals surface area contributed by atoms with Crippen molar-refractivity contribution in [1.29, 1.82) is 0 Å². The molecule has 2 aromatic rings. The number of rotatable bonds is 6. The summed E-state index contributed by atoms with van der Waals surface area (Å²) in [4.78, 5) is 13.0. The number of nitrogens with one attached hydrogen (secondary N) is 1. The van der Waals surface area contributed by atoms with Gasteiger partial charge in [-0.05, 0) is 55.0 Å². The number of alkyl halides is 3. The van der Waals surface area contributed by atoms with Crippen molar-refractivity contribution in [3.8, 4) is 0 Å². The lowest BCUT2D eigenvalue weighted by Gasteiger charge is -2.08. The second-order valence-corrected chi connectivity index (χ2v) is 5.94. The van der Waals surface area contributed by atoms with Crippen LogP contribution in [0.2, 0.25) is 0 Å². The smallest absolute Gasteiger partial charge is 0.326 e. The molecule has 118 valence electrons. The van der Waals surface area contributed by atoms with Crippen molar-refractivity contribution in [2.45, 2.75) is 31.9 Å². The van der Waals surface area contributed by atoms with Gasteiger partial charge in [-0.2, -0.15) is 13.2 Å². The van der Waals surface area contributed by atoms with Crippen LogP contribution in [-0.4, -0.2) is 5.91 Å². The van der Waals surface area contributed by atoms with Crippen molar-refractivity contribution in [3.63, 3.8) is 0 Å². The van der Waals surface area contributed by atoms with Gasteiger partial charge in [0, 0.05) is 17.0 Å². The molecule has 1 N–H and O–H groups in total. The van der Waals surface area contributed by atoms with Gasteiger partial charge in [0.05, 0.1) is 5.56 Å². The van der Waals surface area contributed by atoms with Crippen molar-refractivity contribution in [3.05, 3.63) is 52.2 Å². The molecule has 1 aromatic carbocycles. The highest BCUT2D eigenvalue weighted by atomic mass is 32.1. The van der Waals surface area contributed by atoms with Gasteiger partial charge >= 0.3 is 6.18 Å². The maximum atomic E-state index is 12.4. The van der Waals surface area contributed by atoms with Gasteiger partial charge < -0.3 is 5.32 Å². The SMILES string of the molecule is O=C(CCCCc1cccs1)Nc1ccc(C(F)(F)F)cc1. The zero-order chi connectivity index (χ0) is 16.0. The summed E-state index contributed by atoms with van der Waals surface area (Å²) in [6.45, 7) is 0. The van der Waals surface area contributed by atoms with E-state index in [9.17, 15) is 18.0 Å². The molecule has 1 amide bonds. The van der Waals surface area contributed by atoms with E-state index in [0.717, 1.165) is 31.4 Å². The Balaban J connectivity index is 1.72. The van der Waals surface area contributed by atoms with Gasteiger partial charge in [0.25, 0.3) is 0 Å². The summed E-state index contributed by atoms with van der Waals surface area (Å²) in [6.07, 6.45) is -1.37. The highest BCUT2D eigenvalue weighted by molar-refractivity contribution is 7.09. The molecule has 0 aliphatic carbocycles. The van der Waals surface area contributed by atoms with Crippen LogP contribution in [0.5, 0.6) is 0 Å². The predicted molar refractivity (Wildman–Crippen MR) is 81.9 cm³/mol. The van der Waals surface area contributed by atoms with E-state index in [0.29, 0.717) is 12.1 Å². The number of carbonyl (C=O) groups excluding carboxylic acids is 1. The predicted octanol–water partition coefficient (Wildman–Crippen LogP) is 5.12. The first-order valence-electron chi connectivity index (χ1n) is 6.94. The van der Waals surface area contributed by atoms with Gasteiger partial charge in [-0.15, -0.1) is 11.3 Å². The molecule has 6 heteroatoms. The second-order valence-electron chi connectivity index (χ2n) is 4.91. The Morgan fingerprint density at radius 2 is 1.82 bits per heavy atom. The number of thiophene rings is 1. The summed E-state index contributed by atoms with van der Waals surface area (Å²) in [7, 11) is 0. The maximum absolute atomic E-state index is 12.4. The number of carbonyl (C=O) groups is 1. The van der Waals surface area contributed by atoms with E-state index in [1.165, 1.54) is 17.0 Å². The van der Waals surface area contributed by atoms with E-state index in [1.807, 2.05) is 11.4 Å². The number of halogens is 3. The van der Waals surface area contributed by atoms with Gasteiger partial charge in [-0.25, -0.2) is 0 Å². The highest BCUT2D eigenvalue weighted by Crippen LogP contribution is 2.29. The first-order chi connectivity index (χ1) is 10.4. The Morgan fingerprint density at radius 1 is 1.09 bits per heavy atom. The molecule has 0 fully saturated rings. The second kappa shape index (κ2) is 7.45. The minimum absolute atomic E-state index is 0.175. The molecule has 0 aliphatic rings. The van der Waals surface area contributed by atoms with Crippen molar-refractivity contribution < 1.29 is 18.0 Å². The third-order valence-corrected chi connectivity index (χ3v) is 4.09. The zero-order valence-corrected chi connectivity index (χ0v) is 12.6. The van der Waals surface area contributed by atoms with Gasteiger partial charge in [0.15, 0.2) is 0 Å². The molecule has 1 aromatic heterocycles. The molecule has 0 radical (unpaired) electrons. The Hall–Kier alpha value is -1.82. The maximum Gasteiger partial charge on any atom is 0.416 e. The number of benzene rings is 1. The van der Waals surface area contributed by atoms with Crippen LogP contribution in [-0.2, 0) is 17.4 Å². The molecule has 0 atom stereocenters. The van der Waals surface area contributed by atoms with Crippen LogP contribution in [0.4, 0.5) is 18.9 Å². The molecular weight excluding hydrogens is 311 g/mol. The van der Waals surface area contributed by atoms with E-state index in [-0.39, 0.29) is 5.91 Å². The molecule has 2 rings (SSSR count). The number of amides is 1. The molecule has 0 unspecified atom stereocenters. The average Bonchev–Trinajstić information content (AvgIpc) is 2.96. The zero-order valence-electron chi connectivity index (χ0n) is 11.8. The highest BCUT2D eigenvalue weighted by Gasteiger charge is 2.29. The van der Waals surface area contributed by atoms with Crippen LogP contribution < -0.4 is 5.32 Å². The van der Waals surface area contributed by atoms with Crippen LogP contribution in [0.15, 0.2) is 41.8 Å². The van der Waals surface area contributed by atoms with Crippen LogP contribution >= 0.6 is 11.3 Å². The summed E-state index contributed by atoms with van der Waals surface area (Å²) >= 11 is 1.70. The summed E-state index contributed by atoms with van der Waals surface area (Å²) in [5.41, 5.74) is -0.335. The average molecular weight is 327 g/mol. The normalized spacial score (nSPS) is 11.4. The summed E-state index contributed by atoms with van der Waals surface area (Å²) in [5, 5.41) is 4.63. The third kappa shape index (κ3) is 5.18. The van der Waals surface area contributed by atoms with Crippen LogP contribution in [0.1, 0.15) is 29.7 Å². The molecular formula is C16H16F3NOS. The largest absolute Gasteiger partial charge is 0.416 e. The van der Waals surface area contributed by atoms with Gasteiger partial charge in [0.1, 0.15) is 0 Å². The quantitative estimate of drug-likeness (QED) is 0.733. The number of anilines is 1. The summed E-state index contributed by atoms with van der Waals surface area (Å²) < 4.78 is 37.3. The number of hydrogen-bond donors (Lipinski definition) is 1. The first kappa shape index (κ1) is 16.5. The van der Waals surface area contributed by atoms with Crippen molar-refractivity contribution in [1.82, 2.24) is 0 Å². The Morgan fingerprint density at radius 3 is 2.41 bits per heavy atom. The molecule has 22 heavy (non-hydrogen) atoms. The Labute approximate surface area is 131 Å². The lowest BCUT2D eigenvalue weighted by atomic mass is 10.1. The van der Waals surface area contributed by atoms with E-state index in [1.54, 1.807) is 11.3 Å². The fraction of sp³-hybridized carbons (Fsp3) is 0.312. The Kier molecular flexibility index (Phi) is 5.60. The summed E-state index contributed by atoms with van der Waals surface area (Å²) in [5.74, 6) is -0.175. The van der Waals surface area contributed by atoms with E-state index < -0.39 is 11.7 Å². The molecule has 0 saturated heterocycles. The lowest BCUT2D eigenvalue weighted by molar-refractivity contribution is -0.137. The standard InChI is InChI=1S/C16H16F3NOS/c17-16(18,19)12-7-9-13(10-8-12)20-15(21)6-2-1-4-14-5-3-11-22-14/h3,5,7-11H,1-2,4,6H2,(H,20,21). The van der Waals surface area contributed by atoms with Crippen LogP contribution in [0.3, 0.4) is 0 Å². The molecule has 0 aliphatic heterocycles. The van der Waals surface area contributed by atoms with Gasteiger partial charge in [-0.3, -0.25) is 4.79 Å². The van der Waals surface area contributed by atoms with Crippen molar-refractivity contribution in [2.24, 2.45) is 0 Å². The van der Waals surface area contributed by atoms with Gasteiger partial charge in [-0.1, -0.05) is 6.07 Å². The number of unbranched alkanes of at least 4 members (excludes halogenated alkanes) is 1. The molecule has 1 heterocycles. The van der Waals surface area contributed by atoms with Crippen LogP contribution in [0, 0.1) is 0 Å². The lowest BCUT2D eigenvalue weighted by Crippen LogP contribution is -2.11. The fourth-order valence-corrected chi connectivity index (χ4v) is 2.76. The molecule has 2 nitrogen and oxygen atoms in total. The van der Waals surface area contributed by atoms with Crippen LogP contribution in [0.25, 0.3) is 0 Å². The summed E-state index contributed by atoms with van der Waals surface area (Å²) in [6, 6.07) is 8.53. The molecule has 0 bridgehead atoms. The van der Waals surface area contributed by atoms with Crippen molar-refractivity contribution in [2.75, 3.05) is 5.32 Å². The van der Waals surface area contributed by atoms with Gasteiger partial charge in [0.2, 0.25) is 5.91 Å². The number of aryl methyl sites for hydroxylation is 1. The monoisotopic (exact) mass is 327 g/mol. The molecule has 0 saturated carbocycles. The topological polar surface area (TPSA) is 29.1 Å². The van der Waals surface area contributed by atoms with Crippen molar-refractivity contribution >= 4 is 22.9 Å². The molecule has 0 spiro atoms. The van der Waals surface area contributed by atoms with E-state index in [4.69, 9.17) is 0 Å². The minimum Gasteiger partial charge on any atom is -0.326 e.